The first-order chi connectivity index (χ1) is 7.75. The van der Waals surface area contributed by atoms with Crippen molar-refractivity contribution in [2.45, 2.75) is 26.7 Å². The molecule has 16 heavy (non-hydrogen) atoms. The molecule has 1 fully saturated rings. The van der Waals surface area contributed by atoms with E-state index in [2.05, 4.69) is 37.4 Å². The predicted octanol–water partition coefficient (Wildman–Crippen LogP) is 2.68. The Morgan fingerprint density at radius 3 is 2.69 bits per heavy atom. The van der Waals surface area contributed by atoms with Gasteiger partial charge in [-0.05, 0) is 57.3 Å². The molecule has 0 aliphatic carbocycles. The van der Waals surface area contributed by atoms with Gasteiger partial charge in [-0.1, -0.05) is 17.7 Å². The average molecular weight is 219 g/mol. The quantitative estimate of drug-likeness (QED) is 0.844. The summed E-state index contributed by atoms with van der Waals surface area (Å²) >= 11 is 0. The second-order valence-corrected chi connectivity index (χ2v) is 4.77. The Morgan fingerprint density at radius 1 is 1.25 bits per heavy atom. The monoisotopic (exact) mass is 219 g/mol. The van der Waals surface area contributed by atoms with E-state index in [9.17, 15) is 0 Å². The lowest BCUT2D eigenvalue weighted by molar-refractivity contribution is 0.214. The minimum Gasteiger partial charge on any atom is -0.493 e. The summed E-state index contributed by atoms with van der Waals surface area (Å²) in [5, 5.41) is 3.38. The molecule has 1 saturated heterocycles. The van der Waals surface area contributed by atoms with Crippen LogP contribution in [0.1, 0.15) is 24.0 Å². The number of ether oxygens (including phenoxy) is 1. The maximum absolute atomic E-state index is 5.90. The highest BCUT2D eigenvalue weighted by atomic mass is 16.5. The Morgan fingerprint density at radius 2 is 2.00 bits per heavy atom. The van der Waals surface area contributed by atoms with Crippen LogP contribution in [0.25, 0.3) is 0 Å². The van der Waals surface area contributed by atoms with Gasteiger partial charge in [-0.25, -0.2) is 0 Å². The fourth-order valence-electron chi connectivity index (χ4n) is 2.22. The molecule has 0 amide bonds. The second kappa shape index (κ2) is 5.35. The van der Waals surface area contributed by atoms with E-state index in [1.165, 1.54) is 24.0 Å². The predicted molar refractivity (Wildman–Crippen MR) is 67.0 cm³/mol. The molecule has 2 nitrogen and oxygen atoms in total. The molecule has 1 N–H and O–H groups in total. The van der Waals surface area contributed by atoms with Crippen molar-refractivity contribution in [2.24, 2.45) is 5.92 Å². The highest BCUT2D eigenvalue weighted by Crippen LogP contribution is 2.21. The second-order valence-electron chi connectivity index (χ2n) is 4.77. The number of benzene rings is 1. The van der Waals surface area contributed by atoms with Gasteiger partial charge < -0.3 is 10.1 Å². The van der Waals surface area contributed by atoms with Gasteiger partial charge in [0.1, 0.15) is 5.75 Å². The average Bonchev–Trinajstić information content (AvgIpc) is 2.29. The smallest absolute Gasteiger partial charge is 0.122 e. The molecule has 0 radical (unpaired) electrons. The van der Waals surface area contributed by atoms with Crippen molar-refractivity contribution < 1.29 is 4.74 Å². The van der Waals surface area contributed by atoms with Crippen LogP contribution < -0.4 is 10.1 Å². The molecule has 1 aliphatic heterocycles. The van der Waals surface area contributed by atoms with Gasteiger partial charge in [-0.2, -0.15) is 0 Å². The van der Waals surface area contributed by atoms with Crippen molar-refractivity contribution in [3.63, 3.8) is 0 Å². The molecular weight excluding hydrogens is 198 g/mol. The van der Waals surface area contributed by atoms with E-state index in [0.29, 0.717) is 0 Å². The van der Waals surface area contributed by atoms with Crippen molar-refractivity contribution in [3.8, 4) is 5.75 Å². The molecule has 0 aromatic heterocycles. The van der Waals surface area contributed by atoms with E-state index in [4.69, 9.17) is 4.74 Å². The summed E-state index contributed by atoms with van der Waals surface area (Å²) in [6, 6.07) is 6.38. The third-order valence-corrected chi connectivity index (χ3v) is 3.26. The first-order valence-corrected chi connectivity index (χ1v) is 6.16. The lowest BCUT2D eigenvalue weighted by atomic mass is 9.99. The number of hydrogen-bond donors (Lipinski definition) is 1. The molecule has 0 atom stereocenters. The number of piperidine rings is 1. The molecular formula is C14H21NO. The molecule has 0 saturated carbocycles. The maximum atomic E-state index is 5.90. The van der Waals surface area contributed by atoms with Crippen molar-refractivity contribution >= 4 is 0 Å². The zero-order chi connectivity index (χ0) is 11.4. The van der Waals surface area contributed by atoms with Gasteiger partial charge in [0.2, 0.25) is 0 Å². The summed E-state index contributed by atoms with van der Waals surface area (Å²) in [6.45, 7) is 7.38. The number of nitrogens with one attached hydrogen (secondary N) is 1. The van der Waals surface area contributed by atoms with Gasteiger partial charge in [0.25, 0.3) is 0 Å². The highest BCUT2D eigenvalue weighted by Gasteiger charge is 2.13. The van der Waals surface area contributed by atoms with Gasteiger partial charge in [-0.3, -0.25) is 0 Å². The summed E-state index contributed by atoms with van der Waals surface area (Å²) in [5.41, 5.74) is 2.54. The number of rotatable bonds is 3. The minimum atomic E-state index is 0.724. The molecule has 1 aliphatic rings. The number of aryl methyl sites for hydroxylation is 2. The molecule has 1 aromatic rings. The lowest BCUT2D eigenvalue weighted by Gasteiger charge is -2.23. The van der Waals surface area contributed by atoms with Crippen molar-refractivity contribution in [1.29, 1.82) is 0 Å². The zero-order valence-electron chi connectivity index (χ0n) is 10.3. The molecule has 2 heteroatoms. The first kappa shape index (κ1) is 11.5. The molecule has 1 heterocycles. The van der Waals surface area contributed by atoms with Crippen molar-refractivity contribution in [2.75, 3.05) is 19.7 Å². The lowest BCUT2D eigenvalue weighted by Crippen LogP contribution is -2.30. The normalized spacial score (nSPS) is 17.4. The summed E-state index contributed by atoms with van der Waals surface area (Å²) < 4.78 is 5.90. The number of hydrogen-bond acceptors (Lipinski definition) is 2. The van der Waals surface area contributed by atoms with Crippen LogP contribution in [0.15, 0.2) is 18.2 Å². The van der Waals surface area contributed by atoms with Crippen LogP contribution in [0.5, 0.6) is 5.75 Å². The fraction of sp³-hybridized carbons (Fsp3) is 0.571. The van der Waals surface area contributed by atoms with E-state index < -0.39 is 0 Å². The first-order valence-electron chi connectivity index (χ1n) is 6.16. The third kappa shape index (κ3) is 2.99. The van der Waals surface area contributed by atoms with E-state index in [1.54, 1.807) is 0 Å². The van der Waals surface area contributed by atoms with E-state index in [1.807, 2.05) is 0 Å². The molecule has 0 bridgehead atoms. The summed E-state index contributed by atoms with van der Waals surface area (Å²) in [7, 11) is 0. The Labute approximate surface area is 98.0 Å². The van der Waals surface area contributed by atoms with Crippen LogP contribution in [-0.4, -0.2) is 19.7 Å². The van der Waals surface area contributed by atoms with Crippen LogP contribution in [0.2, 0.25) is 0 Å². The van der Waals surface area contributed by atoms with Crippen LogP contribution in [0.3, 0.4) is 0 Å². The molecule has 2 rings (SSSR count). The molecule has 88 valence electrons. The van der Waals surface area contributed by atoms with Crippen LogP contribution in [0.4, 0.5) is 0 Å². The fourth-order valence-corrected chi connectivity index (χ4v) is 2.22. The summed E-state index contributed by atoms with van der Waals surface area (Å²) in [4.78, 5) is 0. The van der Waals surface area contributed by atoms with Crippen LogP contribution in [-0.2, 0) is 0 Å². The van der Waals surface area contributed by atoms with Crippen LogP contribution >= 0.6 is 0 Å². The van der Waals surface area contributed by atoms with Crippen LogP contribution in [0, 0.1) is 19.8 Å². The van der Waals surface area contributed by atoms with Crippen molar-refractivity contribution in [3.05, 3.63) is 29.3 Å². The maximum Gasteiger partial charge on any atom is 0.122 e. The SMILES string of the molecule is Cc1ccc(OCC2CCNCC2)c(C)c1. The Kier molecular flexibility index (Phi) is 3.83. The molecule has 0 unspecified atom stereocenters. The van der Waals surface area contributed by atoms with E-state index >= 15 is 0 Å². The van der Waals surface area contributed by atoms with Gasteiger partial charge in [0.05, 0.1) is 6.61 Å². The van der Waals surface area contributed by atoms with Crippen molar-refractivity contribution in [1.82, 2.24) is 5.32 Å². The van der Waals surface area contributed by atoms with E-state index in [0.717, 1.165) is 31.4 Å². The molecule has 1 aromatic carbocycles. The Hall–Kier alpha value is -1.02. The summed E-state index contributed by atoms with van der Waals surface area (Å²) in [5.74, 6) is 1.77. The standard InChI is InChI=1S/C14H21NO/c1-11-3-4-14(12(2)9-11)16-10-13-5-7-15-8-6-13/h3-4,9,13,15H,5-8,10H2,1-2H3. The topological polar surface area (TPSA) is 21.3 Å². The Balaban J connectivity index is 1.88. The Bertz CT molecular complexity index is 343. The van der Waals surface area contributed by atoms with Gasteiger partial charge in [0, 0.05) is 0 Å². The molecule has 0 spiro atoms. The van der Waals surface area contributed by atoms with Gasteiger partial charge >= 0.3 is 0 Å². The minimum absolute atomic E-state index is 0.724. The zero-order valence-corrected chi connectivity index (χ0v) is 10.3. The third-order valence-electron chi connectivity index (χ3n) is 3.26. The summed E-state index contributed by atoms with van der Waals surface area (Å²) in [6.07, 6.45) is 2.48. The van der Waals surface area contributed by atoms with E-state index in [-0.39, 0.29) is 0 Å². The largest absolute Gasteiger partial charge is 0.493 e. The highest BCUT2D eigenvalue weighted by molar-refractivity contribution is 5.35. The van der Waals surface area contributed by atoms with Gasteiger partial charge in [-0.15, -0.1) is 0 Å². The van der Waals surface area contributed by atoms with Gasteiger partial charge in [0.15, 0.2) is 0 Å².